The highest BCUT2D eigenvalue weighted by molar-refractivity contribution is 7.94. The van der Waals surface area contributed by atoms with E-state index in [1.165, 1.54) is 33.8 Å². The first-order valence-electron chi connectivity index (χ1n) is 9.89. The number of primary sulfonamides is 1. The van der Waals surface area contributed by atoms with Crippen LogP contribution in [-0.4, -0.2) is 30.0 Å². The minimum atomic E-state index is -3.85. The SMILES string of the molecule is NS(=O)(=O)c1ccc2c(c1)OCC(c1ccc3c(c1)N(S(=O)(=O)c1cccs1)CCC3)O2. The quantitative estimate of drug-likeness (QED) is 0.598. The lowest BCUT2D eigenvalue weighted by Gasteiger charge is -2.32. The number of nitrogens with zero attached hydrogens (tertiary/aromatic N) is 1. The van der Waals surface area contributed by atoms with E-state index in [2.05, 4.69) is 0 Å². The molecule has 1 unspecified atom stereocenters. The Balaban J connectivity index is 1.47. The number of hydrogen-bond donors (Lipinski definition) is 1. The van der Waals surface area contributed by atoms with Crippen LogP contribution in [0.3, 0.4) is 0 Å². The smallest absolute Gasteiger partial charge is 0.273 e. The number of aryl methyl sites for hydroxylation is 1. The lowest BCUT2D eigenvalue weighted by atomic mass is 9.99. The van der Waals surface area contributed by atoms with E-state index in [4.69, 9.17) is 14.6 Å². The van der Waals surface area contributed by atoms with Crippen molar-refractivity contribution in [1.82, 2.24) is 0 Å². The van der Waals surface area contributed by atoms with E-state index < -0.39 is 26.2 Å². The number of anilines is 1. The van der Waals surface area contributed by atoms with Gasteiger partial charge in [0, 0.05) is 12.6 Å². The van der Waals surface area contributed by atoms with Crippen LogP contribution >= 0.6 is 11.3 Å². The van der Waals surface area contributed by atoms with Gasteiger partial charge in [-0.1, -0.05) is 18.2 Å². The number of nitrogens with two attached hydrogens (primary N) is 1. The molecule has 11 heteroatoms. The molecule has 0 fully saturated rings. The van der Waals surface area contributed by atoms with Crippen molar-refractivity contribution >= 4 is 37.1 Å². The van der Waals surface area contributed by atoms with Crippen molar-refractivity contribution in [3.05, 3.63) is 65.0 Å². The molecule has 3 heterocycles. The van der Waals surface area contributed by atoms with E-state index in [1.807, 2.05) is 18.2 Å². The molecule has 8 nitrogen and oxygen atoms in total. The highest BCUT2D eigenvalue weighted by Crippen LogP contribution is 2.40. The third kappa shape index (κ3) is 3.75. The third-order valence-corrected chi connectivity index (χ3v) is 9.60. The predicted octanol–water partition coefficient (Wildman–Crippen LogP) is 3.05. The fourth-order valence-electron chi connectivity index (χ4n) is 3.92. The standard InChI is InChI=1S/C21H20N2O6S3/c22-31(24,25)16-7-8-18-19(12-16)28-13-20(29-18)15-6-5-14-3-1-9-23(17(14)11-15)32(26,27)21-4-2-10-30-21/h2,4-8,10-12,20H,1,3,9,13H2,(H2,22,24,25). The maximum absolute atomic E-state index is 13.2. The zero-order chi connectivity index (χ0) is 22.5. The topological polar surface area (TPSA) is 116 Å². The fraction of sp³-hybridized carbons (Fsp3) is 0.238. The summed E-state index contributed by atoms with van der Waals surface area (Å²) >= 11 is 1.20. The number of rotatable bonds is 4. The molecule has 1 aromatic heterocycles. The van der Waals surface area contributed by atoms with Crippen molar-refractivity contribution in [2.24, 2.45) is 5.14 Å². The van der Waals surface area contributed by atoms with Gasteiger partial charge in [0.05, 0.1) is 10.6 Å². The van der Waals surface area contributed by atoms with E-state index in [0.717, 1.165) is 24.0 Å². The molecule has 1 atom stereocenters. The van der Waals surface area contributed by atoms with Crippen LogP contribution in [-0.2, 0) is 26.5 Å². The minimum absolute atomic E-state index is 0.0542. The second kappa shape index (κ2) is 7.77. The second-order valence-electron chi connectivity index (χ2n) is 7.57. The molecule has 168 valence electrons. The van der Waals surface area contributed by atoms with E-state index in [9.17, 15) is 16.8 Å². The van der Waals surface area contributed by atoms with Crippen LogP contribution in [0.2, 0.25) is 0 Å². The van der Waals surface area contributed by atoms with E-state index in [1.54, 1.807) is 17.5 Å². The van der Waals surface area contributed by atoms with Gasteiger partial charge >= 0.3 is 0 Å². The molecule has 0 aliphatic carbocycles. The summed E-state index contributed by atoms with van der Waals surface area (Å²) in [5.41, 5.74) is 2.40. The van der Waals surface area contributed by atoms with Gasteiger partial charge in [-0.3, -0.25) is 4.31 Å². The Kier molecular flexibility index (Phi) is 5.16. The molecule has 0 bridgehead atoms. The van der Waals surface area contributed by atoms with Gasteiger partial charge in [0.2, 0.25) is 10.0 Å². The Morgan fingerprint density at radius 3 is 2.62 bits per heavy atom. The number of fused-ring (bicyclic) bond motifs is 2. The summed E-state index contributed by atoms with van der Waals surface area (Å²) in [5, 5.41) is 6.93. The number of benzene rings is 2. The molecule has 32 heavy (non-hydrogen) atoms. The first-order valence-corrected chi connectivity index (χ1v) is 13.8. The van der Waals surface area contributed by atoms with Gasteiger partial charge in [-0.05, 0) is 53.6 Å². The molecule has 2 aromatic carbocycles. The van der Waals surface area contributed by atoms with Crippen molar-refractivity contribution in [2.75, 3.05) is 17.5 Å². The molecule has 0 saturated heterocycles. The van der Waals surface area contributed by atoms with Crippen LogP contribution in [0.4, 0.5) is 5.69 Å². The summed E-state index contributed by atoms with van der Waals surface area (Å²) in [6.45, 7) is 0.565. The summed E-state index contributed by atoms with van der Waals surface area (Å²) in [6.07, 6.45) is 1.08. The number of hydrogen-bond acceptors (Lipinski definition) is 7. The van der Waals surface area contributed by atoms with Crippen molar-refractivity contribution in [2.45, 2.75) is 28.1 Å². The van der Waals surface area contributed by atoms with E-state index in [0.29, 0.717) is 27.9 Å². The highest BCUT2D eigenvalue weighted by atomic mass is 32.2. The zero-order valence-electron chi connectivity index (χ0n) is 16.8. The first-order chi connectivity index (χ1) is 15.2. The Morgan fingerprint density at radius 1 is 1.03 bits per heavy atom. The summed E-state index contributed by atoms with van der Waals surface area (Å²) in [4.78, 5) is -0.0542. The highest BCUT2D eigenvalue weighted by Gasteiger charge is 2.32. The number of thiophene rings is 1. The number of ether oxygens (including phenoxy) is 2. The maximum atomic E-state index is 13.2. The van der Waals surface area contributed by atoms with Gasteiger partial charge < -0.3 is 9.47 Å². The maximum Gasteiger partial charge on any atom is 0.273 e. The molecule has 2 aliphatic rings. The van der Waals surface area contributed by atoms with Gasteiger partial charge in [-0.25, -0.2) is 22.0 Å². The predicted molar refractivity (Wildman–Crippen MR) is 120 cm³/mol. The average molecular weight is 493 g/mol. The summed E-state index contributed by atoms with van der Waals surface area (Å²) in [5.74, 6) is 0.696. The van der Waals surface area contributed by atoms with Gasteiger partial charge in [-0.15, -0.1) is 11.3 Å². The van der Waals surface area contributed by atoms with E-state index >= 15 is 0 Å². The molecule has 2 aliphatic heterocycles. The Bertz CT molecular complexity index is 1380. The van der Waals surface area contributed by atoms with Crippen molar-refractivity contribution < 1.29 is 26.3 Å². The molecule has 0 amide bonds. The fourth-order valence-corrected chi connectivity index (χ4v) is 7.09. The van der Waals surface area contributed by atoms with Crippen LogP contribution in [0, 0.1) is 0 Å². The van der Waals surface area contributed by atoms with Crippen LogP contribution in [0.15, 0.2) is 63.0 Å². The molecule has 0 spiro atoms. The van der Waals surface area contributed by atoms with Crippen LogP contribution in [0.1, 0.15) is 23.7 Å². The van der Waals surface area contributed by atoms with Crippen LogP contribution in [0.25, 0.3) is 0 Å². The molecule has 3 aromatic rings. The van der Waals surface area contributed by atoms with Crippen LogP contribution < -0.4 is 18.9 Å². The van der Waals surface area contributed by atoms with Crippen molar-refractivity contribution in [3.63, 3.8) is 0 Å². The largest absolute Gasteiger partial charge is 0.485 e. The summed E-state index contributed by atoms with van der Waals surface area (Å²) in [7, 11) is -7.48. The normalized spacial score (nSPS) is 18.3. The second-order valence-corrected chi connectivity index (χ2v) is 12.2. The molecular formula is C21H20N2O6S3. The van der Waals surface area contributed by atoms with Crippen molar-refractivity contribution in [1.29, 1.82) is 0 Å². The lowest BCUT2D eigenvalue weighted by molar-refractivity contribution is 0.0909. The van der Waals surface area contributed by atoms with E-state index in [-0.39, 0.29) is 11.5 Å². The molecular weight excluding hydrogens is 472 g/mol. The lowest BCUT2D eigenvalue weighted by Crippen LogP contribution is -2.35. The van der Waals surface area contributed by atoms with Gasteiger partial charge in [0.1, 0.15) is 10.8 Å². The average Bonchev–Trinajstić information content (AvgIpc) is 3.33. The van der Waals surface area contributed by atoms with Gasteiger partial charge in [-0.2, -0.15) is 0 Å². The monoisotopic (exact) mass is 492 g/mol. The first kappa shape index (κ1) is 21.3. The molecule has 0 saturated carbocycles. The molecule has 0 radical (unpaired) electrons. The van der Waals surface area contributed by atoms with Crippen molar-refractivity contribution in [3.8, 4) is 11.5 Å². The Hall–Kier alpha value is -2.60. The number of sulfonamides is 2. The Labute approximate surface area is 190 Å². The van der Waals surface area contributed by atoms with Gasteiger partial charge in [0.25, 0.3) is 10.0 Å². The third-order valence-electron chi connectivity index (χ3n) is 5.50. The zero-order valence-corrected chi connectivity index (χ0v) is 19.3. The summed E-state index contributed by atoms with van der Waals surface area (Å²) < 4.78 is 63.1. The molecule has 5 rings (SSSR count). The Morgan fingerprint density at radius 2 is 1.88 bits per heavy atom. The molecule has 2 N–H and O–H groups in total. The summed E-state index contributed by atoms with van der Waals surface area (Å²) in [6, 6.07) is 13.2. The minimum Gasteiger partial charge on any atom is -0.485 e. The van der Waals surface area contributed by atoms with Gasteiger partial charge in [0.15, 0.2) is 17.6 Å². The van der Waals surface area contributed by atoms with Crippen LogP contribution in [0.5, 0.6) is 11.5 Å².